The largest absolute Gasteiger partial charge is 0.494 e. The fraction of sp³-hybridized carbons (Fsp3) is 0.350. The smallest absolute Gasteiger partial charge is 0.436 e. The van der Waals surface area contributed by atoms with Gasteiger partial charge in [0.2, 0.25) is 5.89 Å². The Balaban J connectivity index is 1.70. The summed E-state index contributed by atoms with van der Waals surface area (Å²) >= 11 is 0. The summed E-state index contributed by atoms with van der Waals surface area (Å²) in [6.07, 6.45) is 1.03. The highest BCUT2D eigenvalue weighted by Gasteiger charge is 2.51. The minimum atomic E-state index is -3.50. The molecule has 0 saturated carbocycles. The van der Waals surface area contributed by atoms with Crippen LogP contribution in [0.25, 0.3) is 22.6 Å². The number of hydrogen-bond acceptors (Lipinski definition) is 6. The molecule has 1 fully saturated rings. The summed E-state index contributed by atoms with van der Waals surface area (Å²) < 4.78 is 55.5. The van der Waals surface area contributed by atoms with E-state index in [1.165, 1.54) is 12.1 Å². The van der Waals surface area contributed by atoms with Crippen molar-refractivity contribution < 1.29 is 26.5 Å². The summed E-state index contributed by atoms with van der Waals surface area (Å²) in [5.41, 5.74) is 0.927. The van der Waals surface area contributed by atoms with Crippen LogP contribution in [0.15, 0.2) is 45.7 Å². The number of rotatable bonds is 3. The Morgan fingerprint density at radius 3 is 2.24 bits per heavy atom. The van der Waals surface area contributed by atoms with Crippen molar-refractivity contribution in [2.24, 2.45) is 0 Å². The van der Waals surface area contributed by atoms with Crippen molar-refractivity contribution in [3.63, 3.8) is 0 Å². The highest BCUT2D eigenvalue weighted by Crippen LogP contribution is 2.37. The van der Waals surface area contributed by atoms with Crippen LogP contribution in [0.3, 0.4) is 0 Å². The van der Waals surface area contributed by atoms with Gasteiger partial charge in [0, 0.05) is 6.26 Å². The second kappa shape index (κ2) is 6.39. The van der Waals surface area contributed by atoms with Crippen LogP contribution in [0.2, 0.25) is 0 Å². The fourth-order valence-electron chi connectivity index (χ4n) is 3.08. The minimum Gasteiger partial charge on any atom is -0.436 e. The average Bonchev–Trinajstić information content (AvgIpc) is 3.11. The van der Waals surface area contributed by atoms with Crippen molar-refractivity contribution in [1.29, 1.82) is 0 Å². The number of benzene rings is 2. The van der Waals surface area contributed by atoms with Crippen molar-refractivity contribution >= 4 is 33.5 Å². The number of sulfone groups is 1. The first-order valence-electron chi connectivity index (χ1n) is 9.13. The third kappa shape index (κ3) is 3.47. The standard InChI is InChI=1S/C20H21BFNO5S/c1-19(2)20(3,4)28-21(27-19)12-6-9-16-17(10-12)26-18(23-16)14-8-7-13(11-15(14)22)29(5,24)25/h6-11H,1-5H3. The highest BCUT2D eigenvalue weighted by atomic mass is 32.2. The van der Waals surface area contributed by atoms with E-state index in [-0.39, 0.29) is 16.3 Å². The van der Waals surface area contributed by atoms with E-state index in [9.17, 15) is 12.8 Å². The van der Waals surface area contributed by atoms with Gasteiger partial charge in [-0.05, 0) is 63.5 Å². The normalized spacial score (nSPS) is 18.5. The topological polar surface area (TPSA) is 78.6 Å². The highest BCUT2D eigenvalue weighted by molar-refractivity contribution is 7.90. The zero-order valence-electron chi connectivity index (χ0n) is 16.8. The van der Waals surface area contributed by atoms with Crippen LogP contribution in [-0.4, -0.2) is 38.0 Å². The molecule has 0 spiro atoms. The first-order chi connectivity index (χ1) is 13.4. The van der Waals surface area contributed by atoms with Gasteiger partial charge in [-0.1, -0.05) is 6.07 Å². The second-order valence-corrected chi connectivity index (χ2v) is 10.3. The number of fused-ring (bicyclic) bond motifs is 1. The van der Waals surface area contributed by atoms with Crippen LogP contribution < -0.4 is 5.46 Å². The van der Waals surface area contributed by atoms with Gasteiger partial charge < -0.3 is 13.7 Å². The summed E-state index contributed by atoms with van der Waals surface area (Å²) in [6, 6.07) is 9.00. The fourth-order valence-corrected chi connectivity index (χ4v) is 3.71. The maximum absolute atomic E-state index is 14.5. The van der Waals surface area contributed by atoms with Gasteiger partial charge >= 0.3 is 7.12 Å². The predicted octanol–water partition coefficient (Wildman–Crippen LogP) is 3.34. The van der Waals surface area contributed by atoms with Crippen LogP contribution in [0, 0.1) is 5.82 Å². The van der Waals surface area contributed by atoms with Gasteiger partial charge in [-0.3, -0.25) is 0 Å². The van der Waals surface area contributed by atoms with Crippen molar-refractivity contribution in [3.8, 4) is 11.5 Å². The number of hydrogen-bond donors (Lipinski definition) is 0. The molecule has 0 aliphatic carbocycles. The molecule has 152 valence electrons. The molecule has 1 aromatic heterocycles. The molecule has 3 aromatic rings. The lowest BCUT2D eigenvalue weighted by atomic mass is 9.79. The summed E-state index contributed by atoms with van der Waals surface area (Å²) in [4.78, 5) is 4.22. The van der Waals surface area contributed by atoms with E-state index in [1.807, 2.05) is 33.8 Å². The van der Waals surface area contributed by atoms with E-state index in [0.717, 1.165) is 17.8 Å². The van der Waals surface area contributed by atoms with E-state index in [0.29, 0.717) is 11.1 Å². The molecule has 0 radical (unpaired) electrons. The number of halogens is 1. The zero-order chi connectivity index (χ0) is 21.2. The van der Waals surface area contributed by atoms with Crippen LogP contribution >= 0.6 is 0 Å². The molecule has 9 heteroatoms. The van der Waals surface area contributed by atoms with Crippen molar-refractivity contribution in [3.05, 3.63) is 42.2 Å². The van der Waals surface area contributed by atoms with E-state index in [1.54, 1.807) is 12.1 Å². The SMILES string of the molecule is CC1(C)OB(c2ccc3nc(-c4ccc(S(C)(=O)=O)cc4F)oc3c2)OC1(C)C. The van der Waals surface area contributed by atoms with Gasteiger partial charge in [-0.15, -0.1) is 0 Å². The zero-order valence-corrected chi connectivity index (χ0v) is 17.6. The Morgan fingerprint density at radius 1 is 1.00 bits per heavy atom. The number of oxazole rings is 1. The third-order valence-electron chi connectivity index (χ3n) is 5.54. The quantitative estimate of drug-likeness (QED) is 0.609. The first kappa shape index (κ1) is 20.1. The molecular formula is C20H21BFNO5S. The minimum absolute atomic E-state index is 0.0728. The van der Waals surface area contributed by atoms with Gasteiger partial charge in [0.15, 0.2) is 15.4 Å². The van der Waals surface area contributed by atoms with E-state index < -0.39 is 34.0 Å². The Labute approximate surface area is 169 Å². The van der Waals surface area contributed by atoms with Gasteiger partial charge in [-0.25, -0.2) is 17.8 Å². The summed E-state index contributed by atoms with van der Waals surface area (Å²) in [5, 5.41) is 0. The van der Waals surface area contributed by atoms with Crippen molar-refractivity contribution in [2.75, 3.05) is 6.26 Å². The molecule has 0 unspecified atom stereocenters. The summed E-state index contributed by atoms with van der Waals surface area (Å²) in [6.45, 7) is 7.89. The molecule has 1 aliphatic heterocycles. The molecule has 2 heterocycles. The maximum atomic E-state index is 14.5. The van der Waals surface area contributed by atoms with Gasteiger partial charge in [0.25, 0.3) is 0 Å². The Kier molecular flexibility index (Phi) is 4.42. The van der Waals surface area contributed by atoms with Crippen molar-refractivity contribution in [2.45, 2.75) is 43.8 Å². The predicted molar refractivity (Wildman–Crippen MR) is 108 cm³/mol. The Morgan fingerprint density at radius 2 is 1.66 bits per heavy atom. The lowest BCUT2D eigenvalue weighted by Crippen LogP contribution is -2.41. The molecule has 6 nitrogen and oxygen atoms in total. The molecule has 0 amide bonds. The molecule has 29 heavy (non-hydrogen) atoms. The lowest BCUT2D eigenvalue weighted by Gasteiger charge is -2.32. The summed E-state index contributed by atoms with van der Waals surface area (Å²) in [7, 11) is -4.05. The average molecular weight is 417 g/mol. The second-order valence-electron chi connectivity index (χ2n) is 8.25. The molecule has 4 rings (SSSR count). The first-order valence-corrected chi connectivity index (χ1v) is 11.0. The molecule has 0 N–H and O–H groups in total. The van der Waals surface area contributed by atoms with Crippen LogP contribution in [-0.2, 0) is 19.1 Å². The van der Waals surface area contributed by atoms with Crippen molar-refractivity contribution in [1.82, 2.24) is 4.98 Å². The summed E-state index contributed by atoms with van der Waals surface area (Å²) in [5.74, 6) is -0.644. The Hall–Kier alpha value is -2.23. The van der Waals surface area contributed by atoms with E-state index in [2.05, 4.69) is 4.98 Å². The molecular weight excluding hydrogens is 396 g/mol. The maximum Gasteiger partial charge on any atom is 0.494 e. The molecule has 2 aromatic carbocycles. The van der Waals surface area contributed by atoms with E-state index in [4.69, 9.17) is 13.7 Å². The third-order valence-corrected chi connectivity index (χ3v) is 6.65. The van der Waals surface area contributed by atoms with E-state index >= 15 is 0 Å². The van der Waals surface area contributed by atoms with Crippen LogP contribution in [0.5, 0.6) is 0 Å². The lowest BCUT2D eigenvalue weighted by molar-refractivity contribution is 0.00578. The monoisotopic (exact) mass is 417 g/mol. The number of aromatic nitrogens is 1. The molecule has 0 bridgehead atoms. The van der Waals surface area contributed by atoms with Gasteiger partial charge in [-0.2, -0.15) is 0 Å². The van der Waals surface area contributed by atoms with Crippen LogP contribution in [0.4, 0.5) is 4.39 Å². The van der Waals surface area contributed by atoms with Crippen LogP contribution in [0.1, 0.15) is 27.7 Å². The molecule has 1 saturated heterocycles. The molecule has 0 atom stereocenters. The van der Waals surface area contributed by atoms with Gasteiger partial charge in [0.05, 0.1) is 21.7 Å². The number of nitrogens with zero attached hydrogens (tertiary/aromatic N) is 1. The van der Waals surface area contributed by atoms with Gasteiger partial charge in [0.1, 0.15) is 11.3 Å². The molecule has 1 aliphatic rings. The Bertz CT molecular complexity index is 1200.